The summed E-state index contributed by atoms with van der Waals surface area (Å²) in [5.74, 6) is 0.402. The lowest BCUT2D eigenvalue weighted by Crippen LogP contribution is -1.91. The number of nitro benzene ring substituents is 1. The minimum atomic E-state index is -0.491. The quantitative estimate of drug-likeness (QED) is 0.507. The van der Waals surface area contributed by atoms with Gasteiger partial charge in [0.15, 0.2) is 0 Å². The molecule has 0 aliphatic heterocycles. The molecule has 6 heteroatoms. The topological polar surface area (TPSA) is 52.4 Å². The molecule has 0 saturated heterocycles. The van der Waals surface area contributed by atoms with Crippen molar-refractivity contribution in [3.63, 3.8) is 0 Å². The van der Waals surface area contributed by atoms with Gasteiger partial charge in [0.1, 0.15) is 5.75 Å². The first-order valence-electron chi connectivity index (χ1n) is 3.27. The van der Waals surface area contributed by atoms with Crippen LogP contribution in [0.2, 0.25) is 0 Å². The van der Waals surface area contributed by atoms with Gasteiger partial charge in [0.05, 0.1) is 22.6 Å². The van der Waals surface area contributed by atoms with Crippen LogP contribution >= 0.6 is 28.6 Å². The lowest BCUT2D eigenvalue weighted by molar-refractivity contribution is -0.385. The van der Waals surface area contributed by atoms with Gasteiger partial charge < -0.3 is 4.74 Å². The number of non-ortho nitro benzene ring substituents is 1. The van der Waals surface area contributed by atoms with E-state index in [2.05, 4.69) is 28.6 Å². The van der Waals surface area contributed by atoms with E-state index in [4.69, 9.17) is 4.74 Å². The van der Waals surface area contributed by atoms with E-state index in [1.807, 2.05) is 0 Å². The third-order valence-corrected chi connectivity index (χ3v) is 2.91. The van der Waals surface area contributed by atoms with Crippen LogP contribution in [0.4, 0.5) is 5.69 Å². The molecule has 0 fully saturated rings. The molecule has 0 radical (unpaired) electrons. The van der Waals surface area contributed by atoms with Crippen LogP contribution in [-0.2, 0) is 0 Å². The Hall–Kier alpha value is -0.750. The lowest BCUT2D eigenvalue weighted by atomic mass is 10.3. The van der Waals surface area contributed by atoms with Gasteiger partial charge in [0.2, 0.25) is 0 Å². The van der Waals surface area contributed by atoms with Crippen molar-refractivity contribution in [2.75, 3.05) is 7.11 Å². The van der Waals surface area contributed by atoms with Crippen LogP contribution in [0, 0.1) is 10.1 Å². The Kier molecular flexibility index (Phi) is 3.16. The SMILES string of the molecule is COc1cc([N+](=O)[O-])cc(S)c1Br. The summed E-state index contributed by atoms with van der Waals surface area (Å²) in [6.45, 7) is 0. The van der Waals surface area contributed by atoms with Crippen LogP contribution in [0.5, 0.6) is 5.75 Å². The van der Waals surface area contributed by atoms with Crippen LogP contribution in [0.1, 0.15) is 0 Å². The summed E-state index contributed by atoms with van der Waals surface area (Å²) in [6, 6.07) is 2.69. The van der Waals surface area contributed by atoms with Crippen LogP contribution in [0.25, 0.3) is 0 Å². The molecule has 0 N–H and O–H groups in total. The van der Waals surface area contributed by atoms with Crippen molar-refractivity contribution in [2.45, 2.75) is 4.90 Å². The standard InChI is InChI=1S/C7H6BrNO3S/c1-12-5-2-4(9(10)11)3-6(13)7(5)8/h2-3,13H,1H3. The van der Waals surface area contributed by atoms with Crippen molar-refractivity contribution < 1.29 is 9.66 Å². The Morgan fingerprint density at radius 1 is 1.62 bits per heavy atom. The van der Waals surface area contributed by atoms with Gasteiger partial charge in [-0.3, -0.25) is 10.1 Å². The fourth-order valence-electron chi connectivity index (χ4n) is 0.823. The number of benzene rings is 1. The predicted octanol–water partition coefficient (Wildman–Crippen LogP) is 2.65. The molecule has 70 valence electrons. The average Bonchev–Trinajstić information content (AvgIpc) is 2.09. The number of nitro groups is 1. The maximum absolute atomic E-state index is 10.4. The van der Waals surface area contributed by atoms with Gasteiger partial charge in [-0.2, -0.15) is 0 Å². The van der Waals surface area contributed by atoms with Gasteiger partial charge in [-0.1, -0.05) is 0 Å². The monoisotopic (exact) mass is 263 g/mol. The Balaban J connectivity index is 3.30. The van der Waals surface area contributed by atoms with Gasteiger partial charge >= 0.3 is 0 Å². The average molecular weight is 264 g/mol. The summed E-state index contributed by atoms with van der Waals surface area (Å²) < 4.78 is 5.53. The second kappa shape index (κ2) is 3.97. The first-order chi connectivity index (χ1) is 6.06. The fourth-order valence-corrected chi connectivity index (χ4v) is 1.46. The van der Waals surface area contributed by atoms with E-state index in [-0.39, 0.29) is 5.69 Å². The van der Waals surface area contributed by atoms with Crippen molar-refractivity contribution in [2.24, 2.45) is 0 Å². The second-order valence-electron chi connectivity index (χ2n) is 2.24. The minimum Gasteiger partial charge on any atom is -0.495 e. The van der Waals surface area contributed by atoms with Crippen molar-refractivity contribution in [1.29, 1.82) is 0 Å². The molecule has 13 heavy (non-hydrogen) atoms. The van der Waals surface area contributed by atoms with Crippen LogP contribution < -0.4 is 4.74 Å². The zero-order valence-electron chi connectivity index (χ0n) is 6.65. The maximum atomic E-state index is 10.4. The Morgan fingerprint density at radius 3 is 2.69 bits per heavy atom. The van der Waals surface area contributed by atoms with Crippen molar-refractivity contribution in [3.8, 4) is 5.75 Å². The summed E-state index contributed by atoms with van der Waals surface area (Å²) in [5.41, 5.74) is -0.0370. The normalized spacial score (nSPS) is 9.77. The number of methoxy groups -OCH3 is 1. The van der Waals surface area contributed by atoms with Crippen molar-refractivity contribution in [1.82, 2.24) is 0 Å². The first-order valence-corrected chi connectivity index (χ1v) is 4.51. The lowest BCUT2D eigenvalue weighted by Gasteiger charge is -2.04. The zero-order valence-corrected chi connectivity index (χ0v) is 9.13. The van der Waals surface area contributed by atoms with Crippen molar-refractivity contribution in [3.05, 3.63) is 26.7 Å². The molecule has 0 saturated carbocycles. The highest BCUT2D eigenvalue weighted by Gasteiger charge is 2.13. The highest BCUT2D eigenvalue weighted by Crippen LogP contribution is 2.34. The van der Waals surface area contributed by atoms with E-state index in [0.717, 1.165) is 0 Å². The molecule has 0 unspecified atom stereocenters. The van der Waals surface area contributed by atoms with E-state index in [0.29, 0.717) is 15.1 Å². The molecular formula is C7H6BrNO3S. The zero-order chi connectivity index (χ0) is 10.0. The second-order valence-corrected chi connectivity index (χ2v) is 3.51. The van der Waals surface area contributed by atoms with Crippen LogP contribution in [-0.4, -0.2) is 12.0 Å². The Morgan fingerprint density at radius 2 is 2.23 bits per heavy atom. The van der Waals surface area contributed by atoms with Crippen LogP contribution in [0.3, 0.4) is 0 Å². The maximum Gasteiger partial charge on any atom is 0.274 e. The molecule has 0 aliphatic rings. The number of thiol groups is 1. The predicted molar refractivity (Wildman–Crippen MR) is 54.6 cm³/mol. The third-order valence-electron chi connectivity index (χ3n) is 1.44. The molecule has 1 rings (SSSR count). The number of ether oxygens (including phenoxy) is 1. The largest absolute Gasteiger partial charge is 0.495 e. The molecule has 0 aliphatic carbocycles. The highest BCUT2D eigenvalue weighted by atomic mass is 79.9. The van der Waals surface area contributed by atoms with E-state index in [1.54, 1.807) is 0 Å². The Labute approximate surface area is 88.6 Å². The van der Waals surface area contributed by atoms with E-state index >= 15 is 0 Å². The van der Waals surface area contributed by atoms with Gasteiger partial charge in [-0.05, 0) is 15.9 Å². The molecular weight excluding hydrogens is 258 g/mol. The number of hydrogen-bond acceptors (Lipinski definition) is 4. The molecule has 1 aromatic rings. The molecule has 0 bridgehead atoms. The molecule has 0 spiro atoms. The molecule has 0 heterocycles. The summed E-state index contributed by atoms with van der Waals surface area (Å²) in [4.78, 5) is 10.4. The molecule has 0 amide bonds. The van der Waals surface area contributed by atoms with E-state index in [1.165, 1.54) is 19.2 Å². The summed E-state index contributed by atoms with van der Waals surface area (Å²) in [7, 11) is 1.44. The summed E-state index contributed by atoms with van der Waals surface area (Å²) in [5, 5.41) is 10.4. The van der Waals surface area contributed by atoms with E-state index in [9.17, 15) is 10.1 Å². The molecule has 1 aromatic carbocycles. The summed E-state index contributed by atoms with van der Waals surface area (Å²) in [6.07, 6.45) is 0. The highest BCUT2D eigenvalue weighted by molar-refractivity contribution is 9.10. The van der Waals surface area contributed by atoms with Crippen molar-refractivity contribution >= 4 is 34.2 Å². The number of nitrogens with zero attached hydrogens (tertiary/aromatic N) is 1. The first kappa shape index (κ1) is 10.3. The number of halogens is 1. The minimum absolute atomic E-state index is 0.0370. The number of hydrogen-bond donors (Lipinski definition) is 1. The fraction of sp³-hybridized carbons (Fsp3) is 0.143. The van der Waals surface area contributed by atoms with E-state index < -0.39 is 4.92 Å². The third kappa shape index (κ3) is 2.13. The Bertz CT molecular complexity index is 356. The smallest absolute Gasteiger partial charge is 0.274 e. The van der Waals surface area contributed by atoms with Crippen LogP contribution in [0.15, 0.2) is 21.5 Å². The number of rotatable bonds is 2. The van der Waals surface area contributed by atoms with Gasteiger partial charge in [-0.15, -0.1) is 12.6 Å². The molecule has 0 aromatic heterocycles. The van der Waals surface area contributed by atoms with Gasteiger partial charge in [0, 0.05) is 11.0 Å². The molecule has 0 atom stereocenters. The van der Waals surface area contributed by atoms with Gasteiger partial charge in [-0.25, -0.2) is 0 Å². The molecule has 4 nitrogen and oxygen atoms in total. The van der Waals surface area contributed by atoms with Gasteiger partial charge in [0.25, 0.3) is 5.69 Å². The summed E-state index contributed by atoms with van der Waals surface area (Å²) >= 11 is 7.25.